The Morgan fingerprint density at radius 3 is 2.47 bits per heavy atom. The number of esters is 1. The van der Waals surface area contributed by atoms with Gasteiger partial charge in [0.05, 0.1) is 18.2 Å². The van der Waals surface area contributed by atoms with E-state index in [1.807, 2.05) is 0 Å². The first-order valence-corrected chi connectivity index (χ1v) is 4.85. The quantitative estimate of drug-likeness (QED) is 0.615. The number of rotatable bonds is 2. The summed E-state index contributed by atoms with van der Waals surface area (Å²) in [6.07, 6.45) is 0. The number of hydrogen-bond donors (Lipinski definition) is 0. The molecule has 0 fully saturated rings. The average Bonchev–Trinajstić information content (AvgIpc) is 2.14. The normalized spacial score (nSPS) is 9.87. The molecule has 0 saturated heterocycles. The fourth-order valence-corrected chi connectivity index (χ4v) is 1.63. The van der Waals surface area contributed by atoms with Crippen LogP contribution in [0.4, 0.5) is 4.39 Å². The maximum atomic E-state index is 13.4. The molecule has 15 heavy (non-hydrogen) atoms. The first-order valence-electron chi connectivity index (χ1n) is 4.05. The number of carbonyl (C=O) groups excluding carboxylic acids is 2. The third kappa shape index (κ3) is 2.41. The van der Waals surface area contributed by atoms with Gasteiger partial charge in [0.25, 0.3) is 0 Å². The number of carbonyl (C=O) groups is 2. The SMILES string of the molecule is COC(=O)c1cc(Br)cc(F)c1C(C)=O. The predicted octanol–water partition coefficient (Wildman–Crippen LogP) is 2.58. The lowest BCUT2D eigenvalue weighted by Gasteiger charge is -2.06. The van der Waals surface area contributed by atoms with Crippen LogP contribution < -0.4 is 0 Å². The van der Waals surface area contributed by atoms with Crippen molar-refractivity contribution in [2.75, 3.05) is 7.11 Å². The molecule has 3 nitrogen and oxygen atoms in total. The van der Waals surface area contributed by atoms with Crippen molar-refractivity contribution in [3.05, 3.63) is 33.5 Å². The lowest BCUT2D eigenvalue weighted by Crippen LogP contribution is -2.11. The highest BCUT2D eigenvalue weighted by atomic mass is 79.9. The molecule has 0 saturated carbocycles. The minimum Gasteiger partial charge on any atom is -0.465 e. The Bertz CT molecular complexity index is 429. The molecule has 0 N–H and O–H groups in total. The molecule has 0 atom stereocenters. The Hall–Kier alpha value is -1.23. The second-order valence-electron chi connectivity index (χ2n) is 2.86. The first-order chi connectivity index (χ1) is 6.97. The summed E-state index contributed by atoms with van der Waals surface area (Å²) in [4.78, 5) is 22.4. The Morgan fingerprint density at radius 2 is 2.00 bits per heavy atom. The second kappa shape index (κ2) is 4.53. The van der Waals surface area contributed by atoms with Gasteiger partial charge in [-0.1, -0.05) is 15.9 Å². The summed E-state index contributed by atoms with van der Waals surface area (Å²) in [7, 11) is 1.17. The fourth-order valence-electron chi connectivity index (χ4n) is 1.20. The van der Waals surface area contributed by atoms with Gasteiger partial charge in [-0.2, -0.15) is 0 Å². The lowest BCUT2D eigenvalue weighted by molar-refractivity contribution is 0.0596. The number of ether oxygens (including phenoxy) is 1. The molecule has 0 radical (unpaired) electrons. The van der Waals surface area contributed by atoms with E-state index >= 15 is 0 Å². The van der Waals surface area contributed by atoms with Crippen molar-refractivity contribution in [2.45, 2.75) is 6.92 Å². The van der Waals surface area contributed by atoms with Crippen LogP contribution in [0.3, 0.4) is 0 Å². The van der Waals surface area contributed by atoms with E-state index in [0.717, 1.165) is 6.07 Å². The Morgan fingerprint density at radius 1 is 1.40 bits per heavy atom. The third-order valence-electron chi connectivity index (χ3n) is 1.81. The van der Waals surface area contributed by atoms with Crippen LogP contribution in [0.5, 0.6) is 0 Å². The molecule has 0 aliphatic rings. The summed E-state index contributed by atoms with van der Waals surface area (Å²) < 4.78 is 18.2. The van der Waals surface area contributed by atoms with Gasteiger partial charge in [0.2, 0.25) is 0 Å². The number of Topliss-reactive ketones (excluding diaryl/α,β-unsaturated/α-hetero) is 1. The Balaban J connectivity index is 3.46. The van der Waals surface area contributed by atoms with Crippen LogP contribution in [-0.2, 0) is 4.74 Å². The molecule has 0 amide bonds. The van der Waals surface area contributed by atoms with Crippen molar-refractivity contribution in [3.8, 4) is 0 Å². The zero-order valence-corrected chi connectivity index (χ0v) is 9.72. The van der Waals surface area contributed by atoms with Crippen LogP contribution >= 0.6 is 15.9 Å². The van der Waals surface area contributed by atoms with E-state index < -0.39 is 17.6 Å². The summed E-state index contributed by atoms with van der Waals surface area (Å²) in [6.45, 7) is 1.19. The van der Waals surface area contributed by atoms with Crippen LogP contribution in [0, 0.1) is 5.82 Å². The largest absolute Gasteiger partial charge is 0.465 e. The summed E-state index contributed by atoms with van der Waals surface area (Å²) >= 11 is 3.03. The zero-order chi connectivity index (χ0) is 11.6. The molecule has 0 spiro atoms. The van der Waals surface area contributed by atoms with Crippen LogP contribution in [-0.4, -0.2) is 18.9 Å². The van der Waals surface area contributed by atoms with Gasteiger partial charge in [0.15, 0.2) is 5.78 Å². The first kappa shape index (κ1) is 11.8. The van der Waals surface area contributed by atoms with E-state index in [2.05, 4.69) is 20.7 Å². The number of benzene rings is 1. The average molecular weight is 275 g/mol. The molecular formula is C10H8BrFO3. The van der Waals surface area contributed by atoms with E-state index in [4.69, 9.17) is 0 Å². The van der Waals surface area contributed by atoms with E-state index in [1.54, 1.807) is 0 Å². The van der Waals surface area contributed by atoms with Gasteiger partial charge < -0.3 is 4.74 Å². The molecule has 0 aliphatic carbocycles. The highest BCUT2D eigenvalue weighted by Crippen LogP contribution is 2.21. The van der Waals surface area contributed by atoms with Gasteiger partial charge >= 0.3 is 5.97 Å². The van der Waals surface area contributed by atoms with Crippen molar-refractivity contribution in [1.29, 1.82) is 0 Å². The van der Waals surface area contributed by atoms with Crippen molar-refractivity contribution in [2.24, 2.45) is 0 Å². The maximum Gasteiger partial charge on any atom is 0.338 e. The standard InChI is InChI=1S/C10H8BrFO3/c1-5(13)9-7(10(14)15-2)3-6(11)4-8(9)12/h3-4H,1-2H3. The molecule has 5 heteroatoms. The molecule has 0 unspecified atom stereocenters. The molecule has 0 heterocycles. The van der Waals surface area contributed by atoms with Crippen molar-refractivity contribution in [1.82, 2.24) is 0 Å². The lowest BCUT2D eigenvalue weighted by atomic mass is 10.0. The van der Waals surface area contributed by atoms with Crippen LogP contribution in [0.15, 0.2) is 16.6 Å². The summed E-state index contributed by atoms with van der Waals surface area (Å²) in [5, 5.41) is 0. The highest BCUT2D eigenvalue weighted by molar-refractivity contribution is 9.10. The van der Waals surface area contributed by atoms with Gasteiger partial charge in [0.1, 0.15) is 5.82 Å². The molecule has 1 aromatic rings. The minimum absolute atomic E-state index is 0.0723. The van der Waals surface area contributed by atoms with Crippen LogP contribution in [0.25, 0.3) is 0 Å². The molecule has 80 valence electrons. The van der Waals surface area contributed by atoms with Crippen molar-refractivity contribution >= 4 is 27.7 Å². The van der Waals surface area contributed by atoms with Crippen LogP contribution in [0.1, 0.15) is 27.6 Å². The zero-order valence-electron chi connectivity index (χ0n) is 8.14. The molecule has 1 aromatic carbocycles. The number of ketones is 1. The van der Waals surface area contributed by atoms with Gasteiger partial charge in [-0.25, -0.2) is 9.18 Å². The van der Waals surface area contributed by atoms with E-state index in [0.29, 0.717) is 4.47 Å². The van der Waals surface area contributed by atoms with E-state index in [1.165, 1.54) is 20.1 Å². The highest BCUT2D eigenvalue weighted by Gasteiger charge is 2.20. The van der Waals surface area contributed by atoms with Gasteiger partial charge in [0, 0.05) is 4.47 Å². The maximum absolute atomic E-state index is 13.4. The monoisotopic (exact) mass is 274 g/mol. The number of methoxy groups -OCH3 is 1. The Labute approximate surface area is 94.4 Å². The van der Waals surface area contributed by atoms with Crippen LogP contribution in [0.2, 0.25) is 0 Å². The molecule has 0 aromatic heterocycles. The van der Waals surface area contributed by atoms with Crippen molar-refractivity contribution < 1.29 is 18.7 Å². The summed E-state index contributed by atoms with van der Waals surface area (Å²) in [6, 6.07) is 2.48. The second-order valence-corrected chi connectivity index (χ2v) is 3.77. The van der Waals surface area contributed by atoms with Gasteiger partial charge in [-0.05, 0) is 19.1 Å². The van der Waals surface area contributed by atoms with E-state index in [9.17, 15) is 14.0 Å². The van der Waals surface area contributed by atoms with Gasteiger partial charge in [-0.3, -0.25) is 4.79 Å². The molecule has 0 bridgehead atoms. The predicted molar refractivity (Wildman–Crippen MR) is 55.4 cm³/mol. The summed E-state index contributed by atoms with van der Waals surface area (Å²) in [5.41, 5.74) is -0.318. The Kier molecular flexibility index (Phi) is 3.57. The summed E-state index contributed by atoms with van der Waals surface area (Å²) in [5.74, 6) is -1.99. The smallest absolute Gasteiger partial charge is 0.338 e. The molecular weight excluding hydrogens is 267 g/mol. The molecule has 0 aliphatic heterocycles. The molecule has 1 rings (SSSR count). The van der Waals surface area contributed by atoms with E-state index in [-0.39, 0.29) is 11.1 Å². The van der Waals surface area contributed by atoms with Crippen molar-refractivity contribution in [3.63, 3.8) is 0 Å². The fraction of sp³-hybridized carbons (Fsp3) is 0.200. The topological polar surface area (TPSA) is 43.4 Å². The van der Waals surface area contributed by atoms with Gasteiger partial charge in [-0.15, -0.1) is 0 Å². The number of hydrogen-bond acceptors (Lipinski definition) is 3. The number of halogens is 2. The third-order valence-corrected chi connectivity index (χ3v) is 2.27. The minimum atomic E-state index is -0.739.